The maximum absolute atomic E-state index is 14.7. The first-order valence-corrected chi connectivity index (χ1v) is 13.0. The second-order valence-electron chi connectivity index (χ2n) is 10.5. The van der Waals surface area contributed by atoms with Crippen LogP contribution in [-0.4, -0.2) is 77.6 Å². The third-order valence-corrected chi connectivity index (χ3v) is 7.90. The minimum atomic E-state index is -3.49. The van der Waals surface area contributed by atoms with Crippen molar-refractivity contribution in [3.8, 4) is 17.3 Å². The third kappa shape index (κ3) is 4.38. The van der Waals surface area contributed by atoms with Gasteiger partial charge in [0.05, 0.1) is 29.9 Å². The van der Waals surface area contributed by atoms with Crippen molar-refractivity contribution < 1.29 is 18.0 Å². The van der Waals surface area contributed by atoms with Crippen LogP contribution in [0.15, 0.2) is 43.2 Å². The largest absolute Gasteiger partial charge is 0.346 e. The predicted octanol–water partition coefficient (Wildman–Crippen LogP) is 3.70. The number of aromatic amines is 1. The summed E-state index contributed by atoms with van der Waals surface area (Å²) < 4.78 is 43.9. The van der Waals surface area contributed by atoms with Gasteiger partial charge in [-0.2, -0.15) is 19.1 Å². The maximum Gasteiger partial charge on any atom is 0.289 e. The molecule has 1 amide bonds. The molecular weight excluding hydrogens is 523 g/mol. The molecule has 40 heavy (non-hydrogen) atoms. The summed E-state index contributed by atoms with van der Waals surface area (Å²) in [6, 6.07) is 5.53. The summed E-state index contributed by atoms with van der Waals surface area (Å²) in [5.74, 6) is -5.38. The number of halogens is 3. The molecule has 2 aliphatic rings. The molecule has 2 aliphatic heterocycles. The summed E-state index contributed by atoms with van der Waals surface area (Å²) >= 11 is 0. The fraction of sp³-hybridized carbons (Fsp3) is 0.407. The van der Waals surface area contributed by atoms with Crippen molar-refractivity contribution in [2.45, 2.75) is 43.7 Å². The Kier molecular flexibility index (Phi) is 6.29. The van der Waals surface area contributed by atoms with Crippen molar-refractivity contribution in [1.29, 1.82) is 5.26 Å². The smallest absolute Gasteiger partial charge is 0.289 e. The molecule has 0 spiro atoms. The van der Waals surface area contributed by atoms with Crippen molar-refractivity contribution in [3.05, 3.63) is 60.3 Å². The Morgan fingerprint density at radius 1 is 1.23 bits per heavy atom. The van der Waals surface area contributed by atoms with Crippen LogP contribution < -0.4 is 0 Å². The molecule has 0 radical (unpaired) electrons. The van der Waals surface area contributed by atoms with E-state index in [1.165, 1.54) is 11.2 Å². The summed E-state index contributed by atoms with van der Waals surface area (Å²) in [5.41, 5.74) is 0.435. The van der Waals surface area contributed by atoms with Crippen LogP contribution in [0.4, 0.5) is 13.2 Å². The second kappa shape index (κ2) is 9.71. The normalized spacial score (nSPS) is 18.0. The number of pyridine rings is 1. The van der Waals surface area contributed by atoms with Gasteiger partial charge < -0.3 is 9.88 Å². The Morgan fingerprint density at radius 3 is 2.73 bits per heavy atom. The molecule has 0 atom stereocenters. The fourth-order valence-electron chi connectivity index (χ4n) is 5.78. The van der Waals surface area contributed by atoms with E-state index in [1.54, 1.807) is 6.20 Å². The van der Waals surface area contributed by atoms with Crippen LogP contribution in [0.1, 0.15) is 42.2 Å². The number of alkyl halides is 2. The fourth-order valence-corrected chi connectivity index (χ4v) is 5.78. The summed E-state index contributed by atoms with van der Waals surface area (Å²) in [6.07, 6.45) is 9.60. The number of aromatic nitrogens is 6. The van der Waals surface area contributed by atoms with Crippen molar-refractivity contribution in [2.24, 2.45) is 0 Å². The van der Waals surface area contributed by atoms with Crippen LogP contribution in [0.2, 0.25) is 0 Å². The molecule has 1 N–H and O–H groups in total. The number of likely N-dealkylation sites (tertiary alicyclic amines) is 2. The Balaban J connectivity index is 1.12. The van der Waals surface area contributed by atoms with E-state index in [-0.39, 0.29) is 12.5 Å². The minimum absolute atomic E-state index is 0.171. The van der Waals surface area contributed by atoms with E-state index in [2.05, 4.69) is 36.0 Å². The van der Waals surface area contributed by atoms with Gasteiger partial charge in [0.25, 0.3) is 11.8 Å². The third-order valence-electron chi connectivity index (χ3n) is 7.90. The molecule has 6 heterocycles. The second-order valence-corrected chi connectivity index (χ2v) is 10.5. The van der Waals surface area contributed by atoms with Crippen LogP contribution in [0.25, 0.3) is 22.3 Å². The molecule has 2 fully saturated rings. The molecule has 10 nitrogen and oxygen atoms in total. The molecule has 6 rings (SSSR count). The van der Waals surface area contributed by atoms with Gasteiger partial charge in [0, 0.05) is 68.7 Å². The minimum Gasteiger partial charge on any atom is -0.346 e. The van der Waals surface area contributed by atoms with E-state index in [1.807, 2.05) is 23.1 Å². The van der Waals surface area contributed by atoms with E-state index in [0.29, 0.717) is 45.9 Å². The number of rotatable bonds is 6. The lowest BCUT2D eigenvalue weighted by atomic mass is 9.83. The zero-order valence-corrected chi connectivity index (χ0v) is 21.7. The molecular formula is C27H26F3N9O. The number of piperidine rings is 1. The number of hydrogen-bond donors (Lipinski definition) is 1. The van der Waals surface area contributed by atoms with E-state index in [9.17, 15) is 23.2 Å². The molecule has 0 aromatic carbocycles. The number of H-pyrrole nitrogens is 1. The van der Waals surface area contributed by atoms with Crippen LogP contribution in [0.3, 0.4) is 0 Å². The number of fused-ring (bicyclic) bond motifs is 1. The van der Waals surface area contributed by atoms with Gasteiger partial charge in [0.15, 0.2) is 5.82 Å². The van der Waals surface area contributed by atoms with Crippen molar-refractivity contribution in [3.63, 3.8) is 0 Å². The number of nitrogens with one attached hydrogen (secondary N) is 1. The Morgan fingerprint density at radius 2 is 2.00 bits per heavy atom. The van der Waals surface area contributed by atoms with Crippen LogP contribution in [0, 0.1) is 17.1 Å². The van der Waals surface area contributed by atoms with Gasteiger partial charge in [0.2, 0.25) is 0 Å². The molecule has 2 saturated heterocycles. The first kappa shape index (κ1) is 25.9. The van der Waals surface area contributed by atoms with E-state index in [0.717, 1.165) is 34.6 Å². The molecule has 0 saturated carbocycles. The van der Waals surface area contributed by atoms with Crippen LogP contribution in [-0.2, 0) is 11.5 Å². The standard InChI is InChI=1S/C27H26F3N9O/c1-26(29,30)23-21(28)19(2-8-32-23)25(40)37-10-4-18(5-11-37)38-14-27(15-38,6-7-31)39-13-17(12-36-39)22-20-3-9-33-24(20)35-16-34-22/h2-3,8-9,12-13,16,18H,4-6,10-11,14-15H2,1H3,(H,33,34,35). The van der Waals surface area contributed by atoms with Crippen molar-refractivity contribution in [2.75, 3.05) is 26.2 Å². The highest BCUT2D eigenvalue weighted by Crippen LogP contribution is 2.37. The lowest BCUT2D eigenvalue weighted by Crippen LogP contribution is -2.66. The number of nitriles is 1. The highest BCUT2D eigenvalue weighted by molar-refractivity contribution is 5.94. The SMILES string of the molecule is CC(F)(F)c1nccc(C(=O)N2CCC(N3CC(CC#N)(n4cc(-c5ncnc6[nH]ccc56)cn4)C3)CC2)c1F. The molecule has 4 aromatic heterocycles. The van der Waals surface area contributed by atoms with Gasteiger partial charge >= 0.3 is 0 Å². The van der Waals surface area contributed by atoms with Gasteiger partial charge in [-0.05, 0) is 25.0 Å². The molecule has 0 bridgehead atoms. The van der Waals surface area contributed by atoms with Gasteiger partial charge in [-0.3, -0.25) is 19.4 Å². The maximum atomic E-state index is 14.7. The van der Waals surface area contributed by atoms with E-state index in [4.69, 9.17) is 0 Å². The topological polar surface area (TPSA) is 120 Å². The number of nitrogens with zero attached hydrogens (tertiary/aromatic N) is 8. The van der Waals surface area contributed by atoms with Gasteiger partial charge in [-0.1, -0.05) is 0 Å². The highest BCUT2D eigenvalue weighted by atomic mass is 19.3. The Bertz CT molecular complexity index is 1610. The average Bonchev–Trinajstić information content (AvgIpc) is 3.60. The Hall–Kier alpha value is -4.31. The highest BCUT2D eigenvalue weighted by Gasteiger charge is 2.48. The van der Waals surface area contributed by atoms with Crippen molar-refractivity contribution in [1.82, 2.24) is 39.5 Å². The van der Waals surface area contributed by atoms with Gasteiger partial charge in [-0.15, -0.1) is 0 Å². The van der Waals surface area contributed by atoms with Crippen LogP contribution >= 0.6 is 0 Å². The molecule has 13 heteroatoms. The monoisotopic (exact) mass is 549 g/mol. The van der Waals surface area contributed by atoms with E-state index >= 15 is 0 Å². The average molecular weight is 550 g/mol. The molecule has 0 aliphatic carbocycles. The predicted molar refractivity (Wildman–Crippen MR) is 138 cm³/mol. The first-order chi connectivity index (χ1) is 19.2. The summed E-state index contributed by atoms with van der Waals surface area (Å²) in [5, 5.41) is 15.1. The summed E-state index contributed by atoms with van der Waals surface area (Å²) in [4.78, 5) is 31.9. The van der Waals surface area contributed by atoms with Gasteiger partial charge in [-0.25, -0.2) is 14.4 Å². The van der Waals surface area contributed by atoms with Crippen molar-refractivity contribution >= 4 is 16.9 Å². The number of carbonyl (C=O) groups is 1. The summed E-state index contributed by atoms with van der Waals surface area (Å²) in [6.45, 7) is 2.54. The molecule has 0 unspecified atom stereocenters. The van der Waals surface area contributed by atoms with E-state index < -0.39 is 34.4 Å². The molecule has 4 aromatic rings. The lowest BCUT2D eigenvalue weighted by Gasteiger charge is -2.53. The quantitative estimate of drug-likeness (QED) is 0.390. The van der Waals surface area contributed by atoms with Gasteiger partial charge in [0.1, 0.15) is 23.2 Å². The number of hydrogen-bond acceptors (Lipinski definition) is 7. The number of carbonyl (C=O) groups excluding carboxylic acids is 1. The molecule has 206 valence electrons. The number of amides is 1. The zero-order valence-electron chi connectivity index (χ0n) is 21.7. The Labute approximate surface area is 227 Å². The zero-order chi connectivity index (χ0) is 28.1. The van der Waals surface area contributed by atoms with Crippen LogP contribution in [0.5, 0.6) is 0 Å². The first-order valence-electron chi connectivity index (χ1n) is 13.0. The lowest BCUT2D eigenvalue weighted by molar-refractivity contribution is -0.0412. The summed E-state index contributed by atoms with van der Waals surface area (Å²) in [7, 11) is 0.